The number of nitro benzene ring substituents is 1. The molecule has 2 heterocycles. The Kier molecular flexibility index (Phi) is 5.91. The number of nitro groups is 1. The van der Waals surface area contributed by atoms with Gasteiger partial charge in [-0.3, -0.25) is 29.1 Å². The van der Waals surface area contributed by atoms with Crippen LogP contribution in [0.5, 0.6) is 5.75 Å². The normalized spacial score (nSPS) is 11.8. The molecule has 12 nitrogen and oxygen atoms in total. The highest BCUT2D eigenvalue weighted by Crippen LogP contribution is 2.41. The smallest absolute Gasteiger partial charge is 0.326 e. The molecule has 0 unspecified atom stereocenters. The molecule has 1 aliphatic rings. The second-order valence-electron chi connectivity index (χ2n) is 8.96. The fourth-order valence-electron chi connectivity index (χ4n) is 4.86. The number of hydrogen-bond donors (Lipinski definition) is 0. The van der Waals surface area contributed by atoms with Crippen LogP contribution < -0.4 is 10.3 Å². The molecule has 6 rings (SSSR count). The van der Waals surface area contributed by atoms with E-state index in [0.717, 1.165) is 0 Å². The van der Waals surface area contributed by atoms with Gasteiger partial charge in [-0.15, -0.1) is 5.10 Å². The summed E-state index contributed by atoms with van der Waals surface area (Å²) in [5.41, 5.74) is 1.38. The summed E-state index contributed by atoms with van der Waals surface area (Å²) in [5, 5.41) is 20.0. The quantitative estimate of drug-likeness (QED) is 0.170. The van der Waals surface area contributed by atoms with Gasteiger partial charge < -0.3 is 9.47 Å². The molecule has 5 aromatic rings. The number of hydrogen-bond acceptors (Lipinski definition) is 9. The lowest BCUT2D eigenvalue weighted by atomic mass is 10.0. The van der Waals surface area contributed by atoms with Gasteiger partial charge in [-0.2, -0.15) is 0 Å². The van der Waals surface area contributed by atoms with Crippen molar-refractivity contribution in [3.63, 3.8) is 0 Å². The Morgan fingerprint density at radius 1 is 1.00 bits per heavy atom. The average Bonchev–Trinajstić information content (AvgIpc) is 3.56. The van der Waals surface area contributed by atoms with Crippen molar-refractivity contribution >= 4 is 28.2 Å². The number of pyridine rings is 1. The summed E-state index contributed by atoms with van der Waals surface area (Å²) in [6.07, 6.45) is 1.41. The van der Waals surface area contributed by atoms with Gasteiger partial charge >= 0.3 is 5.97 Å². The van der Waals surface area contributed by atoms with Gasteiger partial charge in [0.2, 0.25) is 0 Å². The summed E-state index contributed by atoms with van der Waals surface area (Å²) in [6.45, 7) is -0.748. The summed E-state index contributed by atoms with van der Waals surface area (Å²) in [5.74, 6) is -0.503. The lowest BCUT2D eigenvalue weighted by Crippen LogP contribution is -2.27. The van der Waals surface area contributed by atoms with Crippen LogP contribution >= 0.6 is 0 Å². The monoisotopic (exact) mass is 537 g/mol. The third-order valence-electron chi connectivity index (χ3n) is 6.67. The van der Waals surface area contributed by atoms with Crippen molar-refractivity contribution in [3.8, 4) is 22.7 Å². The Morgan fingerprint density at radius 2 is 1.75 bits per heavy atom. The van der Waals surface area contributed by atoms with E-state index in [4.69, 9.17) is 9.47 Å². The summed E-state index contributed by atoms with van der Waals surface area (Å²) >= 11 is 0. The van der Waals surface area contributed by atoms with Crippen LogP contribution in [-0.2, 0) is 22.7 Å². The van der Waals surface area contributed by atoms with Crippen LogP contribution in [0.15, 0.2) is 77.7 Å². The van der Waals surface area contributed by atoms with E-state index >= 15 is 0 Å². The van der Waals surface area contributed by atoms with Gasteiger partial charge in [0, 0.05) is 28.0 Å². The van der Waals surface area contributed by atoms with E-state index in [1.165, 1.54) is 40.8 Å². The number of carbonyl (C=O) groups is 2. The number of nitrogens with zero attached hydrogens (tertiary/aromatic N) is 5. The van der Waals surface area contributed by atoms with Crippen molar-refractivity contribution < 1.29 is 24.0 Å². The van der Waals surface area contributed by atoms with Gasteiger partial charge in [0.15, 0.2) is 5.78 Å². The van der Waals surface area contributed by atoms with E-state index in [2.05, 4.69) is 10.3 Å². The molecule has 3 aromatic carbocycles. The van der Waals surface area contributed by atoms with Gasteiger partial charge in [-0.25, -0.2) is 4.68 Å². The number of ketones is 1. The molecule has 2 aromatic heterocycles. The predicted molar refractivity (Wildman–Crippen MR) is 141 cm³/mol. The first-order chi connectivity index (χ1) is 19.4. The Bertz CT molecular complexity index is 1920. The average molecular weight is 537 g/mol. The van der Waals surface area contributed by atoms with Crippen molar-refractivity contribution in [2.75, 3.05) is 7.11 Å². The fraction of sp³-hybridized carbons (Fsp3) is 0.107. The van der Waals surface area contributed by atoms with E-state index in [1.807, 2.05) is 0 Å². The number of benzene rings is 3. The van der Waals surface area contributed by atoms with Crippen LogP contribution in [0, 0.1) is 10.1 Å². The first kappa shape index (κ1) is 24.7. The topological polar surface area (TPSA) is 148 Å². The highest BCUT2D eigenvalue weighted by Gasteiger charge is 2.33. The molecule has 12 heteroatoms. The van der Waals surface area contributed by atoms with Crippen molar-refractivity contribution in [2.24, 2.45) is 0 Å². The van der Waals surface area contributed by atoms with Crippen molar-refractivity contribution in [1.82, 2.24) is 19.6 Å². The van der Waals surface area contributed by atoms with E-state index in [-0.39, 0.29) is 29.5 Å². The lowest BCUT2D eigenvalue weighted by Gasteiger charge is -2.14. The maximum Gasteiger partial charge on any atom is 0.326 e. The maximum atomic E-state index is 13.5. The van der Waals surface area contributed by atoms with Crippen LogP contribution in [0.3, 0.4) is 0 Å². The molecule has 0 bridgehead atoms. The molecule has 40 heavy (non-hydrogen) atoms. The molecule has 1 aliphatic carbocycles. The largest absolute Gasteiger partial charge is 0.497 e. The van der Waals surface area contributed by atoms with E-state index in [1.54, 1.807) is 48.5 Å². The second kappa shape index (κ2) is 9.58. The molecule has 0 N–H and O–H groups in total. The molecular weight excluding hydrogens is 518 g/mol. The van der Waals surface area contributed by atoms with Crippen LogP contribution in [0.1, 0.15) is 21.6 Å². The molecule has 0 radical (unpaired) electrons. The number of para-hydroxylation sites is 2. The highest BCUT2D eigenvalue weighted by atomic mass is 16.6. The van der Waals surface area contributed by atoms with Gasteiger partial charge in [-0.1, -0.05) is 35.5 Å². The lowest BCUT2D eigenvalue weighted by molar-refractivity contribution is -0.384. The minimum absolute atomic E-state index is 0.160. The van der Waals surface area contributed by atoms with Crippen molar-refractivity contribution in [2.45, 2.75) is 13.2 Å². The van der Waals surface area contributed by atoms with E-state index in [9.17, 15) is 24.5 Å². The van der Waals surface area contributed by atoms with E-state index < -0.39 is 23.0 Å². The number of methoxy groups -OCH3 is 1. The Hall–Kier alpha value is -5.65. The number of carbonyl (C=O) groups excluding carboxylic acids is 2. The molecule has 0 saturated heterocycles. The molecule has 0 amide bonds. The number of aromatic nitrogens is 4. The molecule has 0 saturated carbocycles. The third kappa shape index (κ3) is 3.98. The number of rotatable bonds is 7. The van der Waals surface area contributed by atoms with Crippen molar-refractivity contribution in [3.05, 3.63) is 110 Å². The fourth-order valence-corrected chi connectivity index (χ4v) is 4.86. The predicted octanol–water partition coefficient (Wildman–Crippen LogP) is 3.45. The maximum absolute atomic E-state index is 13.5. The second-order valence-corrected chi connectivity index (χ2v) is 8.96. The number of ether oxygens (including phenoxy) is 2. The first-order valence-corrected chi connectivity index (χ1v) is 12.1. The molecular formula is C28H19N5O7. The number of esters is 1. The highest BCUT2D eigenvalue weighted by molar-refractivity contribution is 6.26. The van der Waals surface area contributed by atoms with Gasteiger partial charge in [0.1, 0.15) is 30.3 Å². The molecule has 0 aliphatic heterocycles. The number of fused-ring (bicyclic) bond motifs is 5. The van der Waals surface area contributed by atoms with Gasteiger partial charge in [0.25, 0.3) is 11.2 Å². The zero-order chi connectivity index (χ0) is 28.0. The molecule has 198 valence electrons. The van der Waals surface area contributed by atoms with Crippen LogP contribution in [0.2, 0.25) is 0 Å². The first-order valence-electron chi connectivity index (χ1n) is 12.1. The van der Waals surface area contributed by atoms with Crippen LogP contribution in [0.4, 0.5) is 5.69 Å². The minimum Gasteiger partial charge on any atom is -0.497 e. The van der Waals surface area contributed by atoms with Crippen LogP contribution in [0.25, 0.3) is 27.7 Å². The Morgan fingerprint density at radius 3 is 2.52 bits per heavy atom. The molecule has 0 spiro atoms. The SMILES string of the molecule is COc1ccc2c(c1)-c1c(c3ccccc3c(=O)n1CC(=O)OCc1cn(-c3ccccc3[N+](=O)[O-])nn1)C2=O. The minimum atomic E-state index is -0.747. The van der Waals surface area contributed by atoms with E-state index in [0.29, 0.717) is 38.9 Å². The molecule has 0 fully saturated rings. The summed E-state index contributed by atoms with van der Waals surface area (Å²) in [7, 11) is 1.50. The summed E-state index contributed by atoms with van der Waals surface area (Å²) in [6, 6.07) is 17.7. The third-order valence-corrected chi connectivity index (χ3v) is 6.67. The summed E-state index contributed by atoms with van der Waals surface area (Å²) in [4.78, 5) is 50.7. The van der Waals surface area contributed by atoms with Gasteiger partial charge in [0.05, 0.1) is 29.5 Å². The van der Waals surface area contributed by atoms with Crippen molar-refractivity contribution in [1.29, 1.82) is 0 Å². The Balaban J connectivity index is 1.32. The summed E-state index contributed by atoms with van der Waals surface area (Å²) < 4.78 is 13.2. The molecule has 0 atom stereocenters. The zero-order valence-electron chi connectivity index (χ0n) is 20.9. The Labute approximate surface area is 225 Å². The zero-order valence-corrected chi connectivity index (χ0v) is 20.9. The standard InChI is InChI=1S/C28H19N5O7/c1-39-17-10-11-19-21(12-17)26-25(27(19)35)18-6-2-3-7-20(18)28(36)31(26)14-24(34)40-15-16-13-32(30-29-16)22-8-4-5-9-23(22)33(37)38/h2-13H,14-15H2,1H3. The van der Waals surface area contributed by atoms with Crippen LogP contribution in [-0.4, -0.2) is 43.3 Å². The van der Waals surface area contributed by atoms with Gasteiger partial charge in [-0.05, 0) is 30.3 Å².